The van der Waals surface area contributed by atoms with Crippen LogP contribution in [0.15, 0.2) is 0 Å². The summed E-state index contributed by atoms with van der Waals surface area (Å²) in [7, 11) is 0. The van der Waals surface area contributed by atoms with Gasteiger partial charge < -0.3 is 15.1 Å². The monoisotopic (exact) mass is 295 g/mol. The minimum absolute atomic E-state index is 0.347. The van der Waals surface area contributed by atoms with E-state index in [2.05, 4.69) is 29.0 Å². The second-order valence-electron chi connectivity index (χ2n) is 6.90. The molecule has 1 unspecified atom stereocenters. The minimum atomic E-state index is 0.347. The number of nitrogens with zero attached hydrogens (tertiary/aromatic N) is 2. The number of rotatable bonds is 5. The molecular formula is C17H33N3O. The average Bonchev–Trinajstić information content (AvgIpc) is 2.74. The molecule has 4 heteroatoms. The fraction of sp³-hybridized carbons (Fsp3) is 0.941. The van der Waals surface area contributed by atoms with E-state index in [1.54, 1.807) is 0 Å². The molecule has 0 radical (unpaired) electrons. The van der Waals surface area contributed by atoms with Crippen molar-refractivity contribution in [3.8, 4) is 0 Å². The molecule has 2 heterocycles. The van der Waals surface area contributed by atoms with Crippen molar-refractivity contribution in [3.63, 3.8) is 0 Å². The molecular weight excluding hydrogens is 262 g/mol. The van der Waals surface area contributed by atoms with Crippen molar-refractivity contribution in [2.75, 3.05) is 32.7 Å². The highest BCUT2D eigenvalue weighted by molar-refractivity contribution is 5.76. The fourth-order valence-electron chi connectivity index (χ4n) is 3.52. The van der Waals surface area contributed by atoms with Gasteiger partial charge in [-0.2, -0.15) is 0 Å². The summed E-state index contributed by atoms with van der Waals surface area (Å²) in [5.74, 6) is 0.347. The van der Waals surface area contributed by atoms with E-state index in [9.17, 15) is 4.79 Å². The summed E-state index contributed by atoms with van der Waals surface area (Å²) in [4.78, 5) is 16.8. The molecule has 0 bridgehead atoms. The summed E-state index contributed by atoms with van der Waals surface area (Å²) >= 11 is 0. The zero-order valence-electron chi connectivity index (χ0n) is 13.9. The van der Waals surface area contributed by atoms with Crippen LogP contribution in [0.5, 0.6) is 0 Å². The van der Waals surface area contributed by atoms with Gasteiger partial charge in [0.15, 0.2) is 0 Å². The molecule has 0 aliphatic carbocycles. The Morgan fingerprint density at radius 2 is 1.81 bits per heavy atom. The Bertz CT molecular complexity index is 313. The van der Waals surface area contributed by atoms with Gasteiger partial charge in [-0.1, -0.05) is 0 Å². The topological polar surface area (TPSA) is 35.6 Å². The second kappa shape index (κ2) is 8.74. The molecule has 1 N–H and O–H groups in total. The molecule has 2 aliphatic heterocycles. The molecule has 122 valence electrons. The number of carbonyl (C=O) groups excluding carboxylic acids is 1. The number of likely N-dealkylation sites (tertiary alicyclic amines) is 2. The van der Waals surface area contributed by atoms with Gasteiger partial charge >= 0.3 is 0 Å². The van der Waals surface area contributed by atoms with Crippen LogP contribution in [0.2, 0.25) is 0 Å². The van der Waals surface area contributed by atoms with Gasteiger partial charge in [0.1, 0.15) is 0 Å². The molecule has 4 nitrogen and oxygen atoms in total. The quantitative estimate of drug-likeness (QED) is 0.845. The zero-order chi connectivity index (χ0) is 15.1. The van der Waals surface area contributed by atoms with Crippen LogP contribution in [0, 0.1) is 0 Å². The van der Waals surface area contributed by atoms with E-state index in [4.69, 9.17) is 0 Å². The lowest BCUT2D eigenvalue weighted by Gasteiger charge is -2.27. The number of hydrogen-bond acceptors (Lipinski definition) is 3. The normalized spacial score (nSPS) is 25.1. The van der Waals surface area contributed by atoms with Gasteiger partial charge in [0, 0.05) is 38.1 Å². The molecule has 21 heavy (non-hydrogen) atoms. The standard InChI is InChI=1S/C17H33N3O/c1-15(2)19-13-6-7-16(9-14-19)18-10-8-17(21)20-11-4-3-5-12-20/h15-16,18H,3-14H2,1-2H3. The van der Waals surface area contributed by atoms with Crippen molar-refractivity contribution in [2.24, 2.45) is 0 Å². The summed E-state index contributed by atoms with van der Waals surface area (Å²) in [5, 5.41) is 3.62. The predicted octanol–water partition coefficient (Wildman–Crippen LogP) is 2.24. The van der Waals surface area contributed by atoms with Crippen LogP contribution in [-0.2, 0) is 4.79 Å². The van der Waals surface area contributed by atoms with Crippen molar-refractivity contribution < 1.29 is 4.79 Å². The fourth-order valence-corrected chi connectivity index (χ4v) is 3.52. The van der Waals surface area contributed by atoms with E-state index in [1.807, 2.05) is 0 Å². The van der Waals surface area contributed by atoms with E-state index in [-0.39, 0.29) is 0 Å². The lowest BCUT2D eigenvalue weighted by Crippen LogP contribution is -2.39. The van der Waals surface area contributed by atoms with Crippen LogP contribution in [0.1, 0.15) is 58.8 Å². The molecule has 2 fully saturated rings. The third-order valence-corrected chi connectivity index (χ3v) is 4.97. The van der Waals surface area contributed by atoms with Crippen LogP contribution in [0.4, 0.5) is 0 Å². The highest BCUT2D eigenvalue weighted by Gasteiger charge is 2.19. The molecule has 2 saturated heterocycles. The Kier molecular flexibility index (Phi) is 6.97. The third-order valence-electron chi connectivity index (χ3n) is 4.97. The lowest BCUT2D eigenvalue weighted by molar-refractivity contribution is -0.132. The summed E-state index contributed by atoms with van der Waals surface area (Å²) in [6, 6.07) is 1.26. The molecule has 0 saturated carbocycles. The third kappa shape index (κ3) is 5.59. The Labute approximate surface area is 130 Å². The first-order chi connectivity index (χ1) is 10.2. The highest BCUT2D eigenvalue weighted by atomic mass is 16.2. The minimum Gasteiger partial charge on any atom is -0.343 e. The number of piperidine rings is 1. The summed E-state index contributed by atoms with van der Waals surface area (Å²) in [5.41, 5.74) is 0. The summed E-state index contributed by atoms with van der Waals surface area (Å²) in [6.07, 6.45) is 8.08. The van der Waals surface area contributed by atoms with E-state index in [0.717, 1.165) is 19.6 Å². The number of nitrogens with one attached hydrogen (secondary N) is 1. The number of hydrogen-bond donors (Lipinski definition) is 1. The average molecular weight is 295 g/mol. The van der Waals surface area contributed by atoms with Crippen molar-refractivity contribution in [1.29, 1.82) is 0 Å². The van der Waals surface area contributed by atoms with E-state index >= 15 is 0 Å². The van der Waals surface area contributed by atoms with Crippen molar-refractivity contribution in [2.45, 2.75) is 70.9 Å². The largest absolute Gasteiger partial charge is 0.343 e. The van der Waals surface area contributed by atoms with Crippen LogP contribution in [0.25, 0.3) is 0 Å². The maximum absolute atomic E-state index is 12.1. The molecule has 2 rings (SSSR count). The van der Waals surface area contributed by atoms with Gasteiger partial charge in [0.2, 0.25) is 5.91 Å². The second-order valence-corrected chi connectivity index (χ2v) is 6.90. The molecule has 0 aromatic carbocycles. The molecule has 0 aromatic rings. The van der Waals surface area contributed by atoms with Crippen LogP contribution < -0.4 is 5.32 Å². The van der Waals surface area contributed by atoms with Gasteiger partial charge in [-0.15, -0.1) is 0 Å². The first-order valence-electron chi connectivity index (χ1n) is 8.92. The zero-order valence-corrected chi connectivity index (χ0v) is 13.9. The van der Waals surface area contributed by atoms with Crippen molar-refractivity contribution >= 4 is 5.91 Å². The Morgan fingerprint density at radius 1 is 1.05 bits per heavy atom. The van der Waals surface area contributed by atoms with Crippen molar-refractivity contribution in [3.05, 3.63) is 0 Å². The number of carbonyl (C=O) groups is 1. The SMILES string of the molecule is CC(C)N1CCCC(NCCC(=O)N2CCCCC2)CC1. The lowest BCUT2D eigenvalue weighted by atomic mass is 10.1. The highest BCUT2D eigenvalue weighted by Crippen LogP contribution is 2.14. The van der Waals surface area contributed by atoms with Gasteiger partial charge in [0.05, 0.1) is 0 Å². The molecule has 1 atom stereocenters. The van der Waals surface area contributed by atoms with Gasteiger partial charge in [0.25, 0.3) is 0 Å². The van der Waals surface area contributed by atoms with Crippen LogP contribution in [0.3, 0.4) is 0 Å². The van der Waals surface area contributed by atoms with E-state index < -0.39 is 0 Å². The van der Waals surface area contributed by atoms with Crippen LogP contribution in [-0.4, -0.2) is 60.5 Å². The maximum atomic E-state index is 12.1. The Balaban J connectivity index is 1.63. The van der Waals surface area contributed by atoms with Gasteiger partial charge in [-0.3, -0.25) is 4.79 Å². The Morgan fingerprint density at radius 3 is 2.52 bits per heavy atom. The summed E-state index contributed by atoms with van der Waals surface area (Å²) < 4.78 is 0. The first kappa shape index (κ1) is 16.8. The van der Waals surface area contributed by atoms with E-state index in [0.29, 0.717) is 24.4 Å². The predicted molar refractivity (Wildman–Crippen MR) is 87.4 cm³/mol. The molecule has 2 aliphatic rings. The smallest absolute Gasteiger partial charge is 0.223 e. The Hall–Kier alpha value is -0.610. The van der Waals surface area contributed by atoms with Gasteiger partial charge in [-0.25, -0.2) is 0 Å². The van der Waals surface area contributed by atoms with Crippen molar-refractivity contribution in [1.82, 2.24) is 15.1 Å². The van der Waals surface area contributed by atoms with Gasteiger partial charge in [-0.05, 0) is 65.5 Å². The molecule has 0 aromatic heterocycles. The van der Waals surface area contributed by atoms with E-state index in [1.165, 1.54) is 51.6 Å². The van der Waals surface area contributed by atoms with Crippen LogP contribution >= 0.6 is 0 Å². The first-order valence-corrected chi connectivity index (χ1v) is 8.92. The summed E-state index contributed by atoms with van der Waals surface area (Å²) in [6.45, 7) is 9.78. The maximum Gasteiger partial charge on any atom is 0.223 e. The molecule has 0 spiro atoms. The molecule has 1 amide bonds. The number of amides is 1.